The van der Waals surface area contributed by atoms with Crippen LogP contribution in [0.25, 0.3) is 0 Å². The first kappa shape index (κ1) is 16.6. The van der Waals surface area contributed by atoms with E-state index in [1.807, 2.05) is 12.3 Å². The Labute approximate surface area is 144 Å². The van der Waals surface area contributed by atoms with Gasteiger partial charge < -0.3 is 15.3 Å². The standard InChI is InChI=1S/C17H21N3O3S/c1-11-10-24-17(19-13-5-3-2-4-6-13)20(11)18-9-12-7-14(21)16(23)15(22)8-12/h7-10,13,21-23H,2-6H2,1H3/b18-9+,19-17-. The van der Waals surface area contributed by atoms with E-state index in [4.69, 9.17) is 4.99 Å². The van der Waals surface area contributed by atoms with Crippen molar-refractivity contribution >= 4 is 17.6 Å². The lowest BCUT2D eigenvalue weighted by Gasteiger charge is -2.16. The lowest BCUT2D eigenvalue weighted by molar-refractivity contribution is 0.368. The third kappa shape index (κ3) is 3.62. The van der Waals surface area contributed by atoms with Crippen molar-refractivity contribution in [1.29, 1.82) is 0 Å². The van der Waals surface area contributed by atoms with Gasteiger partial charge in [-0.2, -0.15) is 5.10 Å². The number of phenolic OH excluding ortho intramolecular Hbond substituents is 3. The van der Waals surface area contributed by atoms with Gasteiger partial charge in [-0.1, -0.05) is 19.3 Å². The van der Waals surface area contributed by atoms with Crippen LogP contribution in [0.15, 0.2) is 27.6 Å². The molecule has 0 radical (unpaired) electrons. The third-order valence-corrected chi connectivity index (χ3v) is 5.08. The zero-order valence-electron chi connectivity index (χ0n) is 13.5. The van der Waals surface area contributed by atoms with Gasteiger partial charge in [-0.05, 0) is 31.9 Å². The molecule has 0 amide bonds. The van der Waals surface area contributed by atoms with Crippen LogP contribution in [0.1, 0.15) is 43.4 Å². The molecule has 1 fully saturated rings. The fourth-order valence-electron chi connectivity index (χ4n) is 2.80. The summed E-state index contributed by atoms with van der Waals surface area (Å²) in [6, 6.07) is 3.05. The van der Waals surface area contributed by atoms with Crippen molar-refractivity contribution in [2.75, 3.05) is 0 Å². The highest BCUT2D eigenvalue weighted by atomic mass is 32.1. The van der Waals surface area contributed by atoms with Crippen molar-refractivity contribution < 1.29 is 15.3 Å². The molecule has 1 aromatic heterocycles. The summed E-state index contributed by atoms with van der Waals surface area (Å²) in [5, 5.41) is 35.0. The summed E-state index contributed by atoms with van der Waals surface area (Å²) in [6.45, 7) is 1.96. The summed E-state index contributed by atoms with van der Waals surface area (Å²) in [7, 11) is 0. The van der Waals surface area contributed by atoms with Crippen LogP contribution in [0.4, 0.5) is 0 Å². The molecule has 3 N–H and O–H groups in total. The van der Waals surface area contributed by atoms with Gasteiger partial charge >= 0.3 is 0 Å². The Hall–Kier alpha value is -2.28. The van der Waals surface area contributed by atoms with Crippen LogP contribution < -0.4 is 4.80 Å². The van der Waals surface area contributed by atoms with Crippen LogP contribution in [-0.2, 0) is 0 Å². The van der Waals surface area contributed by atoms with Crippen LogP contribution in [0.5, 0.6) is 17.2 Å². The van der Waals surface area contributed by atoms with E-state index in [0.29, 0.717) is 11.6 Å². The number of aryl methyl sites for hydroxylation is 1. The van der Waals surface area contributed by atoms with Gasteiger partial charge in [0.15, 0.2) is 17.2 Å². The van der Waals surface area contributed by atoms with E-state index in [1.165, 1.54) is 37.6 Å². The number of thiazole rings is 1. The van der Waals surface area contributed by atoms with Crippen molar-refractivity contribution in [3.8, 4) is 17.2 Å². The molecular weight excluding hydrogens is 326 g/mol. The van der Waals surface area contributed by atoms with E-state index in [2.05, 4.69) is 5.10 Å². The van der Waals surface area contributed by atoms with Crippen LogP contribution >= 0.6 is 11.3 Å². The van der Waals surface area contributed by atoms with Crippen molar-refractivity contribution in [2.24, 2.45) is 10.1 Å². The maximum Gasteiger partial charge on any atom is 0.206 e. The predicted molar refractivity (Wildman–Crippen MR) is 93.9 cm³/mol. The number of benzene rings is 1. The van der Waals surface area contributed by atoms with Gasteiger partial charge in [-0.3, -0.25) is 4.99 Å². The molecule has 7 heteroatoms. The highest BCUT2D eigenvalue weighted by Crippen LogP contribution is 2.34. The van der Waals surface area contributed by atoms with Gasteiger partial charge in [0.2, 0.25) is 4.80 Å². The Morgan fingerprint density at radius 3 is 2.46 bits per heavy atom. The normalized spacial score (nSPS) is 17.0. The molecule has 0 bridgehead atoms. The summed E-state index contributed by atoms with van der Waals surface area (Å²) in [5.74, 6) is -1.29. The molecular formula is C17H21N3O3S. The SMILES string of the molecule is Cc1cs/c(=N\C2CCCCC2)n1/N=C/c1cc(O)c(O)c(O)c1. The Morgan fingerprint density at radius 2 is 1.79 bits per heavy atom. The van der Waals surface area contributed by atoms with Gasteiger partial charge in [0, 0.05) is 10.9 Å². The Kier molecular flexibility index (Phi) is 4.89. The molecule has 1 saturated carbocycles. The molecule has 6 nitrogen and oxygen atoms in total. The molecule has 1 aliphatic rings. The van der Waals surface area contributed by atoms with Crippen LogP contribution in [-0.4, -0.2) is 32.3 Å². The maximum atomic E-state index is 9.57. The molecule has 3 rings (SSSR count). The third-order valence-electron chi connectivity index (χ3n) is 4.13. The zero-order valence-corrected chi connectivity index (χ0v) is 14.3. The molecule has 0 aliphatic heterocycles. The second-order valence-corrected chi connectivity index (χ2v) is 6.88. The summed E-state index contributed by atoms with van der Waals surface area (Å²) in [4.78, 5) is 5.68. The molecule has 1 heterocycles. The highest BCUT2D eigenvalue weighted by Gasteiger charge is 2.12. The van der Waals surface area contributed by atoms with Crippen LogP contribution in [0.3, 0.4) is 0 Å². The minimum absolute atomic E-state index is 0.361. The van der Waals surface area contributed by atoms with Gasteiger partial charge in [0.05, 0.1) is 18.0 Å². The molecule has 0 spiro atoms. The van der Waals surface area contributed by atoms with Gasteiger partial charge in [-0.15, -0.1) is 11.3 Å². The average Bonchev–Trinajstić information content (AvgIpc) is 2.91. The summed E-state index contributed by atoms with van der Waals surface area (Å²) in [6.07, 6.45) is 7.53. The van der Waals surface area contributed by atoms with Crippen molar-refractivity contribution in [1.82, 2.24) is 4.68 Å². The van der Waals surface area contributed by atoms with E-state index < -0.39 is 5.75 Å². The quantitative estimate of drug-likeness (QED) is 0.589. The van der Waals surface area contributed by atoms with Crippen LogP contribution in [0, 0.1) is 6.92 Å². The number of hydrogen-bond donors (Lipinski definition) is 3. The molecule has 0 saturated heterocycles. The first-order valence-corrected chi connectivity index (χ1v) is 8.93. The number of aromatic hydroxyl groups is 3. The first-order chi connectivity index (χ1) is 11.5. The largest absolute Gasteiger partial charge is 0.504 e. The van der Waals surface area contributed by atoms with E-state index >= 15 is 0 Å². The van der Waals surface area contributed by atoms with E-state index in [-0.39, 0.29) is 11.5 Å². The monoisotopic (exact) mass is 347 g/mol. The molecule has 1 aliphatic carbocycles. The van der Waals surface area contributed by atoms with Crippen molar-refractivity contribution in [3.63, 3.8) is 0 Å². The number of phenols is 3. The summed E-state index contributed by atoms with van der Waals surface area (Å²) >= 11 is 1.56. The fraction of sp³-hybridized carbons (Fsp3) is 0.412. The molecule has 0 atom stereocenters. The minimum atomic E-state index is -0.528. The Balaban J connectivity index is 1.90. The predicted octanol–water partition coefficient (Wildman–Crippen LogP) is 3.09. The number of rotatable bonds is 3. The van der Waals surface area contributed by atoms with E-state index in [9.17, 15) is 15.3 Å². The second-order valence-electron chi connectivity index (χ2n) is 6.04. The average molecular weight is 347 g/mol. The molecule has 1 aromatic carbocycles. The highest BCUT2D eigenvalue weighted by molar-refractivity contribution is 7.07. The smallest absolute Gasteiger partial charge is 0.206 e. The second kappa shape index (κ2) is 7.09. The maximum absolute atomic E-state index is 9.57. The van der Waals surface area contributed by atoms with Gasteiger partial charge in [0.1, 0.15) is 0 Å². The number of hydrogen-bond acceptors (Lipinski definition) is 6. The Bertz CT molecular complexity index is 794. The number of nitrogens with zero attached hydrogens (tertiary/aromatic N) is 3. The lowest BCUT2D eigenvalue weighted by Crippen LogP contribution is -2.19. The van der Waals surface area contributed by atoms with Gasteiger partial charge in [0.25, 0.3) is 0 Å². The first-order valence-electron chi connectivity index (χ1n) is 8.05. The Morgan fingerprint density at radius 1 is 1.12 bits per heavy atom. The topological polar surface area (TPSA) is 90.3 Å². The van der Waals surface area contributed by atoms with Crippen LogP contribution in [0.2, 0.25) is 0 Å². The van der Waals surface area contributed by atoms with E-state index in [0.717, 1.165) is 23.3 Å². The minimum Gasteiger partial charge on any atom is -0.504 e. The molecule has 24 heavy (non-hydrogen) atoms. The molecule has 128 valence electrons. The lowest BCUT2D eigenvalue weighted by atomic mass is 9.96. The number of aromatic nitrogens is 1. The molecule has 0 unspecified atom stereocenters. The van der Waals surface area contributed by atoms with E-state index in [1.54, 1.807) is 16.0 Å². The zero-order chi connectivity index (χ0) is 17.1. The summed E-state index contributed by atoms with van der Waals surface area (Å²) in [5.41, 5.74) is 1.46. The molecule has 2 aromatic rings. The van der Waals surface area contributed by atoms with Crippen molar-refractivity contribution in [3.05, 3.63) is 33.6 Å². The van der Waals surface area contributed by atoms with Gasteiger partial charge in [-0.25, -0.2) is 4.68 Å². The fourth-order valence-corrected chi connectivity index (χ4v) is 3.68. The summed E-state index contributed by atoms with van der Waals surface area (Å²) < 4.78 is 1.76. The van der Waals surface area contributed by atoms with Crippen molar-refractivity contribution in [2.45, 2.75) is 45.1 Å².